The zero-order valence-corrected chi connectivity index (χ0v) is 6.25. The molecule has 0 bridgehead atoms. The second-order valence-electron chi connectivity index (χ2n) is 2.52. The minimum atomic E-state index is -0.198. The molecule has 3 N–H and O–H groups in total. The Labute approximate surface area is 65.4 Å². The lowest BCUT2D eigenvalue weighted by Crippen LogP contribution is -2.46. The van der Waals surface area contributed by atoms with E-state index in [-0.39, 0.29) is 18.0 Å². The van der Waals surface area contributed by atoms with Crippen molar-refractivity contribution in [2.24, 2.45) is 5.73 Å². The first-order valence-electron chi connectivity index (χ1n) is 3.50. The summed E-state index contributed by atoms with van der Waals surface area (Å²) in [4.78, 5) is 10.8. The molecular formula is C7H12N2O2. The van der Waals surface area contributed by atoms with E-state index in [1.807, 2.05) is 0 Å². The molecule has 62 valence electrons. The van der Waals surface area contributed by atoms with Gasteiger partial charge in [0.1, 0.15) is 0 Å². The van der Waals surface area contributed by atoms with Crippen molar-refractivity contribution in [1.82, 2.24) is 5.32 Å². The molecule has 0 aliphatic carbocycles. The van der Waals surface area contributed by atoms with Gasteiger partial charge in [0.2, 0.25) is 5.91 Å². The number of ether oxygens (including phenoxy) is 1. The molecule has 0 radical (unpaired) electrons. The number of nitrogens with one attached hydrogen (secondary N) is 1. The van der Waals surface area contributed by atoms with Gasteiger partial charge in [-0.2, -0.15) is 0 Å². The summed E-state index contributed by atoms with van der Waals surface area (Å²) < 4.78 is 5.04. The molecule has 2 atom stereocenters. The molecule has 0 aromatic rings. The van der Waals surface area contributed by atoms with Gasteiger partial charge in [0, 0.05) is 0 Å². The predicted molar refractivity (Wildman–Crippen MR) is 40.9 cm³/mol. The van der Waals surface area contributed by atoms with Crippen molar-refractivity contribution in [2.75, 3.05) is 13.2 Å². The van der Waals surface area contributed by atoms with Gasteiger partial charge in [0.15, 0.2) is 0 Å². The Bertz CT molecular complexity index is 170. The van der Waals surface area contributed by atoms with Crippen LogP contribution in [0.3, 0.4) is 0 Å². The molecule has 1 amide bonds. The van der Waals surface area contributed by atoms with Gasteiger partial charge in [0.05, 0.1) is 25.3 Å². The molecule has 1 aliphatic rings. The van der Waals surface area contributed by atoms with E-state index >= 15 is 0 Å². The molecule has 1 saturated heterocycles. The van der Waals surface area contributed by atoms with Gasteiger partial charge in [-0.25, -0.2) is 0 Å². The fraction of sp³-hybridized carbons (Fsp3) is 0.571. The smallest absolute Gasteiger partial charge is 0.243 e. The fourth-order valence-corrected chi connectivity index (χ4v) is 0.961. The fourth-order valence-electron chi connectivity index (χ4n) is 0.961. The Morgan fingerprint density at radius 2 is 2.45 bits per heavy atom. The number of rotatable bonds is 2. The summed E-state index contributed by atoms with van der Waals surface area (Å²) >= 11 is 0. The minimum Gasteiger partial charge on any atom is -0.378 e. The summed E-state index contributed by atoms with van der Waals surface area (Å²) in [7, 11) is 0. The van der Waals surface area contributed by atoms with Crippen LogP contribution >= 0.6 is 0 Å². The van der Waals surface area contributed by atoms with Gasteiger partial charge in [-0.3, -0.25) is 4.79 Å². The highest BCUT2D eigenvalue weighted by Gasteiger charge is 2.25. The average Bonchev–Trinajstić information content (AvgIpc) is 2.37. The van der Waals surface area contributed by atoms with Crippen LogP contribution in [0.5, 0.6) is 0 Å². The monoisotopic (exact) mass is 156 g/mol. The molecule has 4 nitrogen and oxygen atoms in total. The van der Waals surface area contributed by atoms with E-state index < -0.39 is 0 Å². The van der Waals surface area contributed by atoms with E-state index in [4.69, 9.17) is 10.5 Å². The molecule has 0 aromatic heterocycles. The Balaban J connectivity index is 2.36. The number of hydrogen-bond acceptors (Lipinski definition) is 3. The quantitative estimate of drug-likeness (QED) is 0.505. The highest BCUT2D eigenvalue weighted by molar-refractivity contribution is 5.87. The number of nitrogens with two attached hydrogens (primary N) is 1. The molecule has 0 aromatic carbocycles. The largest absolute Gasteiger partial charge is 0.378 e. The molecule has 0 unspecified atom stereocenters. The first kappa shape index (κ1) is 8.23. The standard InChI is InChI=1S/C7H12N2O2/c1-2-7(10)9-6-4-11-3-5(6)8/h2,5-6H,1,3-4,8H2,(H,9,10)/t5-,6+/m0/s1. The van der Waals surface area contributed by atoms with E-state index in [2.05, 4.69) is 11.9 Å². The summed E-state index contributed by atoms with van der Waals surface area (Å²) in [5, 5.41) is 2.67. The van der Waals surface area contributed by atoms with Gasteiger partial charge < -0.3 is 15.8 Å². The highest BCUT2D eigenvalue weighted by Crippen LogP contribution is 2.01. The Morgan fingerprint density at radius 1 is 1.73 bits per heavy atom. The maximum absolute atomic E-state index is 10.8. The van der Waals surface area contributed by atoms with Crippen LogP contribution in [-0.2, 0) is 9.53 Å². The van der Waals surface area contributed by atoms with E-state index in [1.165, 1.54) is 6.08 Å². The second kappa shape index (κ2) is 3.50. The lowest BCUT2D eigenvalue weighted by Gasteiger charge is -2.12. The van der Waals surface area contributed by atoms with Crippen LogP contribution < -0.4 is 11.1 Å². The first-order valence-corrected chi connectivity index (χ1v) is 3.50. The summed E-state index contributed by atoms with van der Waals surface area (Å²) in [6.07, 6.45) is 1.23. The SMILES string of the molecule is C=CC(=O)N[C@@H]1COC[C@@H]1N. The van der Waals surface area contributed by atoms with E-state index in [0.29, 0.717) is 13.2 Å². The molecular weight excluding hydrogens is 144 g/mol. The van der Waals surface area contributed by atoms with E-state index in [0.717, 1.165) is 0 Å². The minimum absolute atomic E-state index is 0.0551. The summed E-state index contributed by atoms with van der Waals surface area (Å²) in [5.41, 5.74) is 5.61. The van der Waals surface area contributed by atoms with Crippen LogP contribution in [0.4, 0.5) is 0 Å². The van der Waals surface area contributed by atoms with Gasteiger partial charge in [-0.05, 0) is 6.08 Å². The van der Waals surface area contributed by atoms with Crippen LogP contribution in [0.25, 0.3) is 0 Å². The van der Waals surface area contributed by atoms with Crippen molar-refractivity contribution in [3.8, 4) is 0 Å². The summed E-state index contributed by atoms with van der Waals surface area (Å²) in [6, 6.07) is -0.139. The molecule has 0 spiro atoms. The normalized spacial score (nSPS) is 29.9. The zero-order valence-electron chi connectivity index (χ0n) is 6.25. The van der Waals surface area contributed by atoms with Crippen molar-refractivity contribution in [3.63, 3.8) is 0 Å². The summed E-state index contributed by atoms with van der Waals surface area (Å²) in [6.45, 7) is 4.35. The topological polar surface area (TPSA) is 64.3 Å². The number of hydrogen-bond donors (Lipinski definition) is 2. The lowest BCUT2D eigenvalue weighted by atomic mass is 10.2. The summed E-state index contributed by atoms with van der Waals surface area (Å²) in [5.74, 6) is -0.198. The van der Waals surface area contributed by atoms with Crippen molar-refractivity contribution in [1.29, 1.82) is 0 Å². The molecule has 0 saturated carbocycles. The number of carbonyl (C=O) groups is 1. The molecule has 1 heterocycles. The number of amides is 1. The zero-order chi connectivity index (χ0) is 8.27. The van der Waals surface area contributed by atoms with Crippen molar-refractivity contribution in [2.45, 2.75) is 12.1 Å². The Kier molecular flexibility index (Phi) is 2.62. The van der Waals surface area contributed by atoms with Gasteiger partial charge >= 0.3 is 0 Å². The third-order valence-electron chi connectivity index (χ3n) is 1.64. The molecule has 1 rings (SSSR count). The second-order valence-corrected chi connectivity index (χ2v) is 2.52. The van der Waals surface area contributed by atoms with Crippen molar-refractivity contribution >= 4 is 5.91 Å². The maximum Gasteiger partial charge on any atom is 0.243 e. The van der Waals surface area contributed by atoms with E-state index in [1.54, 1.807) is 0 Å². The average molecular weight is 156 g/mol. The van der Waals surface area contributed by atoms with Crippen LogP contribution in [0, 0.1) is 0 Å². The van der Waals surface area contributed by atoms with E-state index in [9.17, 15) is 4.79 Å². The van der Waals surface area contributed by atoms with Gasteiger partial charge in [-0.1, -0.05) is 6.58 Å². The van der Waals surface area contributed by atoms with Crippen LogP contribution in [-0.4, -0.2) is 31.2 Å². The van der Waals surface area contributed by atoms with Crippen LogP contribution in [0.15, 0.2) is 12.7 Å². The van der Waals surface area contributed by atoms with Crippen molar-refractivity contribution in [3.05, 3.63) is 12.7 Å². The van der Waals surface area contributed by atoms with Crippen LogP contribution in [0.2, 0.25) is 0 Å². The third kappa shape index (κ3) is 2.03. The highest BCUT2D eigenvalue weighted by atomic mass is 16.5. The Morgan fingerprint density at radius 3 is 2.91 bits per heavy atom. The first-order chi connectivity index (χ1) is 5.24. The van der Waals surface area contributed by atoms with Gasteiger partial charge in [0.25, 0.3) is 0 Å². The van der Waals surface area contributed by atoms with Crippen LogP contribution in [0.1, 0.15) is 0 Å². The molecule has 11 heavy (non-hydrogen) atoms. The molecule has 1 fully saturated rings. The lowest BCUT2D eigenvalue weighted by molar-refractivity contribution is -0.117. The third-order valence-corrected chi connectivity index (χ3v) is 1.64. The maximum atomic E-state index is 10.8. The number of carbonyl (C=O) groups excluding carboxylic acids is 1. The van der Waals surface area contributed by atoms with Crippen molar-refractivity contribution < 1.29 is 9.53 Å². The predicted octanol–water partition coefficient (Wildman–Crippen LogP) is -0.985. The van der Waals surface area contributed by atoms with Gasteiger partial charge in [-0.15, -0.1) is 0 Å². The Hall–Kier alpha value is -0.870. The molecule has 4 heteroatoms. The molecule has 1 aliphatic heterocycles.